The van der Waals surface area contributed by atoms with Gasteiger partial charge in [0, 0.05) is 0 Å². The van der Waals surface area contributed by atoms with Gasteiger partial charge in [0.05, 0.1) is 10.5 Å². The fourth-order valence-electron chi connectivity index (χ4n) is 3.18. The number of unbranched alkanes of at least 4 members (excludes halogenated alkanes) is 12. The summed E-state index contributed by atoms with van der Waals surface area (Å²) in [5, 5.41) is -0.451. The van der Waals surface area contributed by atoms with Gasteiger partial charge in [0.15, 0.2) is 0 Å². The zero-order chi connectivity index (χ0) is 21.0. The molecule has 0 aromatic carbocycles. The number of carbonyl (C=O) groups excluding carboxylic acids is 2. The molecule has 2 atom stereocenters. The normalized spacial score (nSPS) is 13.4. The molecule has 166 valence electrons. The summed E-state index contributed by atoms with van der Waals surface area (Å²) in [6, 6.07) is 0. The summed E-state index contributed by atoms with van der Waals surface area (Å²) in [5.41, 5.74) is 11.1. The predicted octanol–water partition coefficient (Wildman–Crippen LogP) is 6.36. The Bertz CT molecular complexity index is 359. The summed E-state index contributed by atoms with van der Waals surface area (Å²) in [6.07, 6.45) is 18.7. The van der Waals surface area contributed by atoms with Crippen LogP contribution in [0.2, 0.25) is 0 Å². The van der Waals surface area contributed by atoms with Crippen LogP contribution in [0.15, 0.2) is 0 Å². The Morgan fingerprint density at radius 3 is 1.14 bits per heavy atom. The third-order valence-corrected chi connectivity index (χ3v) is 8.30. The highest BCUT2D eigenvalue weighted by Gasteiger charge is 2.22. The van der Waals surface area contributed by atoms with Crippen LogP contribution >= 0.6 is 21.6 Å². The average molecular weight is 433 g/mol. The molecular weight excluding hydrogens is 388 g/mol. The minimum absolute atomic E-state index is 0.225. The van der Waals surface area contributed by atoms with Crippen molar-refractivity contribution < 1.29 is 9.59 Å². The molecule has 0 spiro atoms. The van der Waals surface area contributed by atoms with Crippen LogP contribution in [0.1, 0.15) is 117 Å². The lowest BCUT2D eigenvalue weighted by Gasteiger charge is -2.16. The molecule has 0 bridgehead atoms. The van der Waals surface area contributed by atoms with Gasteiger partial charge >= 0.3 is 0 Å². The molecule has 0 aliphatic carbocycles. The first-order valence-corrected chi connectivity index (χ1v) is 13.7. The van der Waals surface area contributed by atoms with Crippen LogP contribution < -0.4 is 11.5 Å². The third kappa shape index (κ3) is 16.6. The second-order valence-electron chi connectivity index (χ2n) is 7.79. The van der Waals surface area contributed by atoms with E-state index < -0.39 is 0 Å². The maximum Gasteiger partial charge on any atom is 0.231 e. The topological polar surface area (TPSA) is 86.2 Å². The molecule has 6 heteroatoms. The zero-order valence-electron chi connectivity index (χ0n) is 18.3. The molecule has 4 nitrogen and oxygen atoms in total. The molecule has 0 aromatic heterocycles. The van der Waals surface area contributed by atoms with Crippen LogP contribution in [0.5, 0.6) is 0 Å². The summed E-state index contributed by atoms with van der Waals surface area (Å²) in [6.45, 7) is 4.44. The average Bonchev–Trinajstić information content (AvgIpc) is 2.66. The summed E-state index contributed by atoms with van der Waals surface area (Å²) < 4.78 is 0. The fourth-order valence-corrected chi connectivity index (χ4v) is 6.12. The van der Waals surface area contributed by atoms with Crippen molar-refractivity contribution >= 4 is 33.4 Å². The molecule has 0 aliphatic heterocycles. The Labute approximate surface area is 181 Å². The Hall–Kier alpha value is -0.360. The number of rotatable bonds is 21. The molecule has 0 fully saturated rings. The van der Waals surface area contributed by atoms with Gasteiger partial charge in [0.2, 0.25) is 11.8 Å². The van der Waals surface area contributed by atoms with E-state index in [2.05, 4.69) is 13.8 Å². The van der Waals surface area contributed by atoms with Crippen molar-refractivity contribution in [3.63, 3.8) is 0 Å². The molecule has 0 aromatic rings. The molecule has 0 rings (SSSR count). The van der Waals surface area contributed by atoms with Crippen molar-refractivity contribution in [2.45, 2.75) is 127 Å². The number of nitrogens with two attached hydrogens (primary N) is 2. The Morgan fingerprint density at radius 1 is 0.571 bits per heavy atom. The van der Waals surface area contributed by atoms with E-state index >= 15 is 0 Å². The van der Waals surface area contributed by atoms with E-state index in [0.29, 0.717) is 0 Å². The van der Waals surface area contributed by atoms with Gasteiger partial charge in [-0.05, 0) is 12.8 Å². The van der Waals surface area contributed by atoms with Crippen molar-refractivity contribution in [1.82, 2.24) is 0 Å². The molecule has 28 heavy (non-hydrogen) atoms. The number of amides is 2. The Morgan fingerprint density at radius 2 is 0.857 bits per heavy atom. The standard InChI is InChI=1S/C22H44N2O2S2/c1-3-5-7-9-11-13-15-17-19(21(23)25)27-28-20(22(24)26)18-16-14-12-10-8-6-4-2/h19-20H,3-18H2,1-2H3,(H2,23,25)(H2,24,26). The van der Waals surface area contributed by atoms with Crippen LogP contribution in [-0.2, 0) is 9.59 Å². The maximum atomic E-state index is 11.7. The van der Waals surface area contributed by atoms with Gasteiger partial charge in [-0.15, -0.1) is 0 Å². The van der Waals surface area contributed by atoms with Crippen molar-refractivity contribution in [1.29, 1.82) is 0 Å². The van der Waals surface area contributed by atoms with E-state index in [-0.39, 0.29) is 22.3 Å². The number of carbonyl (C=O) groups is 2. The van der Waals surface area contributed by atoms with Crippen LogP contribution in [0, 0.1) is 0 Å². The first kappa shape index (κ1) is 27.6. The maximum absolute atomic E-state index is 11.7. The summed E-state index contributed by atoms with van der Waals surface area (Å²) in [7, 11) is 2.91. The highest BCUT2D eigenvalue weighted by atomic mass is 33.1. The first-order chi connectivity index (χ1) is 13.5. The molecule has 2 unspecified atom stereocenters. The second-order valence-corrected chi connectivity index (χ2v) is 10.5. The first-order valence-electron chi connectivity index (χ1n) is 11.4. The smallest absolute Gasteiger partial charge is 0.231 e. The SMILES string of the molecule is CCCCCCCCCC(SSC(CCCCCCCCC)C(N)=O)C(N)=O. The number of hydrogen-bond donors (Lipinski definition) is 2. The van der Waals surface area contributed by atoms with Crippen LogP contribution in [-0.4, -0.2) is 22.3 Å². The predicted molar refractivity (Wildman–Crippen MR) is 126 cm³/mol. The van der Waals surface area contributed by atoms with Gasteiger partial charge in [-0.3, -0.25) is 9.59 Å². The summed E-state index contributed by atoms with van der Waals surface area (Å²) in [5.74, 6) is -0.551. The molecule has 0 saturated heterocycles. The lowest BCUT2D eigenvalue weighted by Crippen LogP contribution is -2.28. The molecule has 0 saturated carbocycles. The zero-order valence-corrected chi connectivity index (χ0v) is 19.9. The van der Waals surface area contributed by atoms with Gasteiger partial charge in [-0.25, -0.2) is 0 Å². The second kappa shape index (κ2) is 19.9. The summed E-state index contributed by atoms with van der Waals surface area (Å²) in [4.78, 5) is 23.5. The Balaban J connectivity index is 4.01. The molecule has 4 N–H and O–H groups in total. The number of hydrogen-bond acceptors (Lipinski definition) is 4. The third-order valence-electron chi connectivity index (χ3n) is 5.06. The largest absolute Gasteiger partial charge is 0.369 e. The van der Waals surface area contributed by atoms with Crippen molar-refractivity contribution in [3.8, 4) is 0 Å². The van der Waals surface area contributed by atoms with Gasteiger partial charge in [0.1, 0.15) is 0 Å². The van der Waals surface area contributed by atoms with Crippen LogP contribution in [0.25, 0.3) is 0 Å². The molecule has 0 aliphatic rings. The monoisotopic (exact) mass is 432 g/mol. The van der Waals surface area contributed by atoms with E-state index in [4.69, 9.17) is 11.5 Å². The van der Waals surface area contributed by atoms with Crippen LogP contribution in [0.4, 0.5) is 0 Å². The highest BCUT2D eigenvalue weighted by Crippen LogP contribution is 2.35. The molecule has 0 heterocycles. The van der Waals surface area contributed by atoms with E-state index in [0.717, 1.165) is 38.5 Å². The fraction of sp³-hybridized carbons (Fsp3) is 0.909. The van der Waals surface area contributed by atoms with E-state index in [9.17, 15) is 9.59 Å². The quantitative estimate of drug-likeness (QED) is 0.163. The molecular formula is C22H44N2O2S2. The Kier molecular flexibility index (Phi) is 19.7. The highest BCUT2D eigenvalue weighted by molar-refractivity contribution is 8.77. The minimum Gasteiger partial charge on any atom is -0.369 e. The van der Waals surface area contributed by atoms with Gasteiger partial charge < -0.3 is 11.5 Å². The van der Waals surface area contributed by atoms with Crippen LogP contribution in [0.3, 0.4) is 0 Å². The van der Waals surface area contributed by atoms with E-state index in [1.807, 2.05) is 0 Å². The van der Waals surface area contributed by atoms with E-state index in [1.54, 1.807) is 0 Å². The van der Waals surface area contributed by atoms with Gasteiger partial charge in [0.25, 0.3) is 0 Å². The lowest BCUT2D eigenvalue weighted by molar-refractivity contribution is -0.118. The lowest BCUT2D eigenvalue weighted by atomic mass is 10.1. The summed E-state index contributed by atoms with van der Waals surface area (Å²) >= 11 is 0. The number of primary amides is 2. The minimum atomic E-state index is -0.275. The van der Waals surface area contributed by atoms with Gasteiger partial charge in [-0.2, -0.15) is 0 Å². The van der Waals surface area contributed by atoms with Crippen molar-refractivity contribution in [3.05, 3.63) is 0 Å². The molecule has 2 amide bonds. The van der Waals surface area contributed by atoms with Crippen molar-refractivity contribution in [2.75, 3.05) is 0 Å². The van der Waals surface area contributed by atoms with Gasteiger partial charge in [-0.1, -0.05) is 125 Å². The van der Waals surface area contributed by atoms with Crippen molar-refractivity contribution in [2.24, 2.45) is 11.5 Å². The molecule has 0 radical (unpaired) electrons. The van der Waals surface area contributed by atoms with E-state index in [1.165, 1.54) is 85.8 Å².